The number of hydrogen-bond acceptors (Lipinski definition) is 5. The molecule has 0 radical (unpaired) electrons. The molecule has 0 spiro atoms. The van der Waals surface area contributed by atoms with Gasteiger partial charge in [-0.2, -0.15) is 0 Å². The molecule has 0 bridgehead atoms. The van der Waals surface area contributed by atoms with Gasteiger partial charge in [0, 0.05) is 43.0 Å². The Bertz CT molecular complexity index is 1030. The van der Waals surface area contributed by atoms with Gasteiger partial charge in [-0.05, 0) is 68.6 Å². The van der Waals surface area contributed by atoms with Gasteiger partial charge in [-0.15, -0.1) is 0 Å². The third-order valence-corrected chi connectivity index (χ3v) is 7.91. The van der Waals surface area contributed by atoms with Gasteiger partial charge in [0.2, 0.25) is 0 Å². The Hall–Kier alpha value is -2.08. The molecule has 0 aliphatic carbocycles. The van der Waals surface area contributed by atoms with Gasteiger partial charge < -0.3 is 4.90 Å². The third kappa shape index (κ3) is 3.82. The van der Waals surface area contributed by atoms with Crippen LogP contribution in [0.3, 0.4) is 0 Å². The summed E-state index contributed by atoms with van der Waals surface area (Å²) in [5.41, 5.74) is 2.66. The summed E-state index contributed by atoms with van der Waals surface area (Å²) in [4.78, 5) is 11.3. The fraction of sp³-hybridized carbons (Fsp3) is 0.400. The smallest absolute Gasteiger partial charge is 0.129 e. The number of nitrogens with zero attached hydrogens (tertiary/aromatic N) is 4. The molecule has 0 N–H and O–H groups in total. The lowest BCUT2D eigenvalue weighted by molar-refractivity contribution is 0.218. The fourth-order valence-corrected chi connectivity index (χ4v) is 5.95. The first-order valence-corrected chi connectivity index (χ1v) is 11.8. The minimum absolute atomic E-state index is 0.113. The summed E-state index contributed by atoms with van der Waals surface area (Å²) in [7, 11) is 0. The molecule has 1 saturated heterocycles. The van der Waals surface area contributed by atoms with Gasteiger partial charge in [-0.1, -0.05) is 36.4 Å². The number of rotatable bonds is 5. The van der Waals surface area contributed by atoms with Gasteiger partial charge in [0.05, 0.1) is 11.1 Å². The Labute approximate surface area is 184 Å². The summed E-state index contributed by atoms with van der Waals surface area (Å²) in [5, 5.41) is 1.21. The molecule has 3 aromatic rings. The predicted molar refractivity (Wildman–Crippen MR) is 127 cm³/mol. The SMILES string of the molecule is CC1(C)c2ccccc2SN1CCCN1CCN(c2ccc3ccccc3n2)CC1. The lowest BCUT2D eigenvalue weighted by Crippen LogP contribution is -2.47. The number of pyridine rings is 1. The summed E-state index contributed by atoms with van der Waals surface area (Å²) < 4.78 is 2.56. The molecule has 4 nitrogen and oxygen atoms in total. The van der Waals surface area contributed by atoms with Gasteiger partial charge in [0.15, 0.2) is 0 Å². The van der Waals surface area contributed by atoms with E-state index in [-0.39, 0.29) is 5.54 Å². The molecule has 0 unspecified atom stereocenters. The summed E-state index contributed by atoms with van der Waals surface area (Å²) in [6.45, 7) is 11.3. The Morgan fingerprint density at radius 2 is 1.63 bits per heavy atom. The average molecular weight is 419 g/mol. The normalized spacial score (nSPS) is 19.3. The van der Waals surface area contributed by atoms with Crippen molar-refractivity contribution in [3.63, 3.8) is 0 Å². The summed E-state index contributed by atoms with van der Waals surface area (Å²) in [6.07, 6.45) is 1.21. The van der Waals surface area contributed by atoms with Crippen LogP contribution in [0.5, 0.6) is 0 Å². The lowest BCUT2D eigenvalue weighted by atomic mass is 9.94. The maximum absolute atomic E-state index is 4.87. The molecule has 30 heavy (non-hydrogen) atoms. The predicted octanol–water partition coefficient (Wildman–Crippen LogP) is 5.00. The molecule has 0 amide bonds. The number of anilines is 1. The molecule has 156 valence electrons. The number of aromatic nitrogens is 1. The van der Waals surface area contributed by atoms with Crippen molar-refractivity contribution in [3.8, 4) is 0 Å². The van der Waals surface area contributed by atoms with Crippen LogP contribution >= 0.6 is 11.9 Å². The van der Waals surface area contributed by atoms with Crippen LogP contribution in [0.25, 0.3) is 10.9 Å². The second-order valence-electron chi connectivity index (χ2n) is 8.79. The number of piperazine rings is 1. The highest BCUT2D eigenvalue weighted by Crippen LogP contribution is 2.47. The van der Waals surface area contributed by atoms with Crippen LogP contribution in [0.1, 0.15) is 25.8 Å². The van der Waals surface area contributed by atoms with E-state index < -0.39 is 0 Å². The second kappa shape index (κ2) is 8.22. The van der Waals surface area contributed by atoms with E-state index in [2.05, 4.69) is 88.6 Å². The molecule has 1 fully saturated rings. The first-order valence-electron chi connectivity index (χ1n) is 11.0. The number of fused-ring (bicyclic) bond motifs is 2. The van der Waals surface area contributed by atoms with Crippen LogP contribution in [0.2, 0.25) is 0 Å². The van der Waals surface area contributed by atoms with Gasteiger partial charge in [-0.25, -0.2) is 9.29 Å². The van der Waals surface area contributed by atoms with Crippen LogP contribution in [0, 0.1) is 0 Å². The highest BCUT2D eigenvalue weighted by atomic mass is 32.2. The summed E-state index contributed by atoms with van der Waals surface area (Å²) in [5.74, 6) is 1.11. The van der Waals surface area contributed by atoms with Crippen molar-refractivity contribution in [3.05, 3.63) is 66.2 Å². The van der Waals surface area contributed by atoms with Gasteiger partial charge in [-0.3, -0.25) is 4.90 Å². The van der Waals surface area contributed by atoms with E-state index in [4.69, 9.17) is 4.98 Å². The zero-order valence-electron chi connectivity index (χ0n) is 17.9. The van der Waals surface area contributed by atoms with Crippen molar-refractivity contribution in [1.82, 2.24) is 14.2 Å². The quantitative estimate of drug-likeness (QED) is 0.542. The van der Waals surface area contributed by atoms with Crippen molar-refractivity contribution < 1.29 is 0 Å². The maximum atomic E-state index is 4.87. The summed E-state index contributed by atoms with van der Waals surface area (Å²) >= 11 is 1.93. The minimum Gasteiger partial charge on any atom is -0.354 e. The first kappa shape index (κ1) is 19.9. The maximum Gasteiger partial charge on any atom is 0.129 e. The monoisotopic (exact) mass is 418 g/mol. The Morgan fingerprint density at radius 1 is 0.867 bits per heavy atom. The van der Waals surface area contributed by atoms with Gasteiger partial charge >= 0.3 is 0 Å². The van der Waals surface area contributed by atoms with Crippen LogP contribution in [-0.4, -0.2) is 53.5 Å². The summed E-state index contributed by atoms with van der Waals surface area (Å²) in [6, 6.07) is 21.6. The zero-order valence-corrected chi connectivity index (χ0v) is 18.7. The Balaban J connectivity index is 1.12. The van der Waals surface area contributed by atoms with Crippen LogP contribution < -0.4 is 4.90 Å². The fourth-order valence-electron chi connectivity index (χ4n) is 4.61. The molecule has 2 aromatic carbocycles. The van der Waals surface area contributed by atoms with Crippen LogP contribution in [0.4, 0.5) is 5.82 Å². The zero-order chi connectivity index (χ0) is 20.6. The third-order valence-electron chi connectivity index (χ3n) is 6.49. The largest absolute Gasteiger partial charge is 0.354 e. The van der Waals surface area contributed by atoms with Crippen molar-refractivity contribution in [2.45, 2.75) is 30.7 Å². The molecule has 1 aromatic heterocycles. The van der Waals surface area contributed by atoms with Crippen molar-refractivity contribution in [2.75, 3.05) is 44.2 Å². The molecule has 2 aliphatic rings. The van der Waals surface area contributed by atoms with E-state index in [0.717, 1.165) is 44.1 Å². The van der Waals surface area contributed by atoms with Gasteiger partial charge in [0.1, 0.15) is 5.82 Å². The van der Waals surface area contributed by atoms with Crippen LogP contribution in [-0.2, 0) is 5.54 Å². The van der Waals surface area contributed by atoms with Crippen molar-refractivity contribution in [1.29, 1.82) is 0 Å². The van der Waals surface area contributed by atoms with Crippen molar-refractivity contribution in [2.24, 2.45) is 0 Å². The first-order chi connectivity index (χ1) is 14.6. The molecular weight excluding hydrogens is 388 g/mol. The van der Waals surface area contributed by atoms with E-state index in [0.29, 0.717) is 0 Å². The number of hydrogen-bond donors (Lipinski definition) is 0. The topological polar surface area (TPSA) is 22.6 Å². The molecule has 2 aliphatic heterocycles. The Morgan fingerprint density at radius 3 is 2.47 bits per heavy atom. The van der Waals surface area contributed by atoms with E-state index in [1.807, 2.05) is 11.9 Å². The number of benzene rings is 2. The molecule has 0 saturated carbocycles. The molecular formula is C25H30N4S. The van der Waals surface area contributed by atoms with E-state index in [1.165, 1.54) is 28.8 Å². The molecule has 0 atom stereocenters. The number of para-hydroxylation sites is 1. The average Bonchev–Trinajstić information content (AvgIpc) is 3.04. The lowest BCUT2D eigenvalue weighted by Gasteiger charge is -2.36. The second-order valence-corrected chi connectivity index (χ2v) is 9.86. The highest BCUT2D eigenvalue weighted by Gasteiger charge is 2.37. The minimum atomic E-state index is 0.113. The van der Waals surface area contributed by atoms with E-state index in [1.54, 1.807) is 0 Å². The van der Waals surface area contributed by atoms with Gasteiger partial charge in [0.25, 0.3) is 0 Å². The Kier molecular flexibility index (Phi) is 5.44. The van der Waals surface area contributed by atoms with Crippen molar-refractivity contribution >= 4 is 28.7 Å². The molecule has 5 rings (SSSR count). The molecule has 3 heterocycles. The van der Waals surface area contributed by atoms with E-state index in [9.17, 15) is 0 Å². The highest BCUT2D eigenvalue weighted by molar-refractivity contribution is 7.97. The molecule has 5 heteroatoms. The van der Waals surface area contributed by atoms with E-state index >= 15 is 0 Å². The van der Waals surface area contributed by atoms with Crippen LogP contribution in [0.15, 0.2) is 65.6 Å². The standard InChI is InChI=1S/C25H30N4S/c1-25(2)21-9-4-6-11-23(21)30-29(25)15-7-14-27-16-18-28(19-17-27)24-13-12-20-8-3-5-10-22(20)26-24/h3-6,8-13H,7,14-19H2,1-2H3.